The molecule has 1 heterocycles. The lowest BCUT2D eigenvalue weighted by Crippen LogP contribution is -2.22. The Morgan fingerprint density at radius 1 is 1.29 bits per heavy atom. The average molecular weight is 390 g/mol. The van der Waals surface area contributed by atoms with Gasteiger partial charge in [-0.2, -0.15) is 0 Å². The number of carboxylic acids is 1. The minimum Gasteiger partial charge on any atom is -0.491 e. The van der Waals surface area contributed by atoms with Crippen molar-refractivity contribution in [3.8, 4) is 5.75 Å². The van der Waals surface area contributed by atoms with E-state index in [9.17, 15) is 15.0 Å². The van der Waals surface area contributed by atoms with Gasteiger partial charge < -0.3 is 24.8 Å². The fourth-order valence-corrected chi connectivity index (χ4v) is 4.28. The number of aliphatic hydroxyl groups excluding tert-OH is 2. The lowest BCUT2D eigenvalue weighted by Gasteiger charge is -2.21. The first kappa shape index (κ1) is 20.8. The maximum absolute atomic E-state index is 10.8. The Labute approximate surface area is 165 Å². The third-order valence-electron chi connectivity index (χ3n) is 5.83. The second-order valence-electron chi connectivity index (χ2n) is 7.87. The molecule has 0 bridgehead atoms. The summed E-state index contributed by atoms with van der Waals surface area (Å²) >= 11 is 0. The van der Waals surface area contributed by atoms with Crippen LogP contribution in [0.2, 0.25) is 0 Å². The molecule has 0 aromatic heterocycles. The first-order chi connectivity index (χ1) is 13.5. The Balaban J connectivity index is 1.51. The second-order valence-corrected chi connectivity index (χ2v) is 7.87. The van der Waals surface area contributed by atoms with Gasteiger partial charge in [-0.25, -0.2) is 0 Å². The molecule has 1 aliphatic heterocycles. The van der Waals surface area contributed by atoms with Crippen LogP contribution in [0.1, 0.15) is 32.1 Å². The molecule has 6 atom stereocenters. The van der Waals surface area contributed by atoms with Crippen LogP contribution in [0.4, 0.5) is 0 Å². The van der Waals surface area contributed by atoms with E-state index < -0.39 is 18.2 Å². The zero-order valence-corrected chi connectivity index (χ0v) is 16.0. The molecule has 2 aliphatic rings. The van der Waals surface area contributed by atoms with Gasteiger partial charge in [0.25, 0.3) is 0 Å². The minimum absolute atomic E-state index is 0.00260. The Morgan fingerprint density at radius 2 is 2.07 bits per heavy atom. The van der Waals surface area contributed by atoms with E-state index >= 15 is 0 Å². The molecule has 154 valence electrons. The van der Waals surface area contributed by atoms with Gasteiger partial charge in [0.2, 0.25) is 0 Å². The molecule has 0 unspecified atom stereocenters. The predicted molar refractivity (Wildman–Crippen MR) is 104 cm³/mol. The van der Waals surface area contributed by atoms with Gasteiger partial charge >= 0.3 is 5.97 Å². The molecule has 1 saturated heterocycles. The number of carbonyl (C=O) groups is 1. The quantitative estimate of drug-likeness (QED) is 0.591. The molecule has 6 heteroatoms. The van der Waals surface area contributed by atoms with Crippen molar-refractivity contribution in [2.75, 3.05) is 13.2 Å². The lowest BCUT2D eigenvalue weighted by atomic mass is 9.86. The van der Waals surface area contributed by atoms with E-state index in [1.807, 2.05) is 36.4 Å². The van der Waals surface area contributed by atoms with Crippen LogP contribution in [0.25, 0.3) is 0 Å². The number of benzene rings is 1. The van der Waals surface area contributed by atoms with Gasteiger partial charge in [0, 0.05) is 25.4 Å². The van der Waals surface area contributed by atoms with Crippen molar-refractivity contribution in [1.29, 1.82) is 0 Å². The standard InChI is InChI=1S/C22H30O6/c23-16(14-27-17-4-2-1-3-5-17)8-10-18-19-9-6-15(7-11-22(25)26)13-28-21(19)12-20(18)24/h1-5,8,10,15-16,18-21,23-24H,6-7,9,11-14H2,(H,25,26)/b10-8+/t15-,16+,18+,19+,20+,21-/m0/s1. The van der Waals surface area contributed by atoms with Crippen molar-refractivity contribution >= 4 is 5.97 Å². The molecule has 3 N–H and O–H groups in total. The van der Waals surface area contributed by atoms with Crippen LogP contribution in [0.5, 0.6) is 5.75 Å². The maximum Gasteiger partial charge on any atom is 0.303 e. The number of carboxylic acid groups (broad SMARTS) is 1. The third kappa shape index (κ3) is 5.80. The Morgan fingerprint density at radius 3 is 2.82 bits per heavy atom. The summed E-state index contributed by atoms with van der Waals surface area (Å²) in [4.78, 5) is 10.8. The van der Waals surface area contributed by atoms with E-state index in [-0.39, 0.29) is 36.9 Å². The Kier molecular flexibility index (Phi) is 7.48. The van der Waals surface area contributed by atoms with Crippen molar-refractivity contribution < 1.29 is 29.6 Å². The van der Waals surface area contributed by atoms with Gasteiger partial charge in [0.15, 0.2) is 0 Å². The molecule has 6 nitrogen and oxygen atoms in total. The summed E-state index contributed by atoms with van der Waals surface area (Å²) < 4.78 is 11.6. The largest absolute Gasteiger partial charge is 0.491 e. The maximum atomic E-state index is 10.8. The second kappa shape index (κ2) is 10.0. The zero-order valence-electron chi connectivity index (χ0n) is 16.0. The fourth-order valence-electron chi connectivity index (χ4n) is 4.28. The molecule has 3 rings (SSSR count). The average Bonchev–Trinajstić information content (AvgIpc) is 2.85. The summed E-state index contributed by atoms with van der Waals surface area (Å²) in [5.74, 6) is 0.333. The summed E-state index contributed by atoms with van der Waals surface area (Å²) in [6.45, 7) is 0.719. The van der Waals surface area contributed by atoms with Crippen LogP contribution in [0.3, 0.4) is 0 Å². The van der Waals surface area contributed by atoms with Crippen molar-refractivity contribution in [3.63, 3.8) is 0 Å². The number of fused-ring (bicyclic) bond motifs is 1. The molecule has 1 aromatic carbocycles. The number of aliphatic carboxylic acids is 1. The molecule has 0 amide bonds. The zero-order chi connectivity index (χ0) is 19.9. The normalized spacial score (nSPS) is 31.3. The van der Waals surface area contributed by atoms with Crippen molar-refractivity contribution in [2.45, 2.75) is 50.4 Å². The summed E-state index contributed by atoms with van der Waals surface area (Å²) in [7, 11) is 0. The van der Waals surface area contributed by atoms with Gasteiger partial charge in [-0.1, -0.05) is 30.4 Å². The molecule has 0 radical (unpaired) electrons. The topological polar surface area (TPSA) is 96.2 Å². The molecule has 1 aliphatic carbocycles. The van der Waals surface area contributed by atoms with Gasteiger partial charge in [0.05, 0.1) is 12.2 Å². The number of para-hydroxylation sites is 1. The predicted octanol–water partition coefficient (Wildman–Crippen LogP) is 2.64. The summed E-state index contributed by atoms with van der Waals surface area (Å²) in [6.07, 6.45) is 5.56. The van der Waals surface area contributed by atoms with Crippen LogP contribution >= 0.6 is 0 Å². The first-order valence-electron chi connectivity index (χ1n) is 10.1. The molecular weight excluding hydrogens is 360 g/mol. The van der Waals surface area contributed by atoms with Crippen LogP contribution in [0.15, 0.2) is 42.5 Å². The summed E-state index contributed by atoms with van der Waals surface area (Å²) in [5.41, 5.74) is 0. The number of hydrogen-bond acceptors (Lipinski definition) is 5. The van der Waals surface area contributed by atoms with Crippen LogP contribution < -0.4 is 4.74 Å². The van der Waals surface area contributed by atoms with Crippen LogP contribution in [-0.4, -0.2) is 52.8 Å². The highest BCUT2D eigenvalue weighted by atomic mass is 16.5. The molecule has 0 spiro atoms. The van der Waals surface area contributed by atoms with Crippen molar-refractivity contribution in [3.05, 3.63) is 42.5 Å². The smallest absolute Gasteiger partial charge is 0.303 e. The van der Waals surface area contributed by atoms with Crippen LogP contribution in [0, 0.1) is 17.8 Å². The summed E-state index contributed by atoms with van der Waals surface area (Å²) in [5, 5.41) is 29.5. The third-order valence-corrected chi connectivity index (χ3v) is 5.83. The number of ether oxygens (including phenoxy) is 2. The molecular formula is C22H30O6. The SMILES string of the molecule is O=C(O)CC[C@@H]1CC[C@@H]2[C@@H](/C=C/[C@@H](O)COc3ccccc3)[C@H](O)C[C@@H]2OC1. The molecule has 2 fully saturated rings. The highest BCUT2D eigenvalue weighted by molar-refractivity contribution is 5.66. The van der Waals surface area contributed by atoms with Crippen molar-refractivity contribution in [1.82, 2.24) is 0 Å². The van der Waals surface area contributed by atoms with Gasteiger partial charge in [-0.3, -0.25) is 4.79 Å². The summed E-state index contributed by atoms with van der Waals surface area (Å²) in [6, 6.07) is 9.34. The van der Waals surface area contributed by atoms with E-state index in [2.05, 4.69) is 0 Å². The molecule has 1 aromatic rings. The van der Waals surface area contributed by atoms with Gasteiger partial charge in [-0.15, -0.1) is 0 Å². The minimum atomic E-state index is -0.771. The van der Waals surface area contributed by atoms with E-state index in [0.29, 0.717) is 25.2 Å². The fraction of sp³-hybridized carbons (Fsp3) is 0.591. The highest BCUT2D eigenvalue weighted by Gasteiger charge is 2.43. The van der Waals surface area contributed by atoms with E-state index in [4.69, 9.17) is 14.6 Å². The highest BCUT2D eigenvalue weighted by Crippen LogP contribution is 2.41. The Hall–Kier alpha value is -1.89. The van der Waals surface area contributed by atoms with Crippen LogP contribution in [-0.2, 0) is 9.53 Å². The molecule has 28 heavy (non-hydrogen) atoms. The van der Waals surface area contributed by atoms with Gasteiger partial charge in [-0.05, 0) is 43.2 Å². The van der Waals surface area contributed by atoms with E-state index in [1.165, 1.54) is 0 Å². The first-order valence-corrected chi connectivity index (χ1v) is 10.1. The number of rotatable bonds is 8. The van der Waals surface area contributed by atoms with Gasteiger partial charge in [0.1, 0.15) is 18.5 Å². The van der Waals surface area contributed by atoms with E-state index in [1.54, 1.807) is 6.08 Å². The Bertz CT molecular complexity index is 646. The monoisotopic (exact) mass is 390 g/mol. The molecule has 1 saturated carbocycles. The number of hydrogen-bond donors (Lipinski definition) is 3. The van der Waals surface area contributed by atoms with E-state index in [0.717, 1.165) is 12.8 Å². The van der Waals surface area contributed by atoms with Crippen molar-refractivity contribution in [2.24, 2.45) is 17.8 Å². The number of aliphatic hydroxyl groups is 2. The lowest BCUT2D eigenvalue weighted by molar-refractivity contribution is -0.137.